The van der Waals surface area contributed by atoms with Crippen LogP contribution in [0.1, 0.15) is 43.2 Å². The summed E-state index contributed by atoms with van der Waals surface area (Å²) in [6, 6.07) is 0. The Balaban J connectivity index is 1.96. The standard InChI is InChI=1S/C11H15NO3/c1-7-6-15-10(12-7)8-2-4-9(5-3-8)11(13)14/h6,8-9H,2-5H2,1H3,(H,13,14). The van der Waals surface area contributed by atoms with Gasteiger partial charge in [0.15, 0.2) is 5.89 Å². The third-order valence-electron chi connectivity index (χ3n) is 3.06. The minimum atomic E-state index is -0.669. The van der Waals surface area contributed by atoms with Crippen LogP contribution in [0.25, 0.3) is 0 Å². The molecule has 0 spiro atoms. The molecular formula is C11H15NO3. The van der Waals surface area contributed by atoms with Crippen molar-refractivity contribution in [3.8, 4) is 0 Å². The van der Waals surface area contributed by atoms with Gasteiger partial charge in [-0.05, 0) is 32.6 Å². The quantitative estimate of drug-likeness (QED) is 0.812. The van der Waals surface area contributed by atoms with E-state index >= 15 is 0 Å². The lowest BCUT2D eigenvalue weighted by Gasteiger charge is -2.23. The molecule has 2 rings (SSSR count). The Hall–Kier alpha value is -1.32. The second kappa shape index (κ2) is 4.04. The Morgan fingerprint density at radius 3 is 2.60 bits per heavy atom. The number of carboxylic acid groups (broad SMARTS) is 1. The summed E-state index contributed by atoms with van der Waals surface area (Å²) in [6.45, 7) is 1.90. The van der Waals surface area contributed by atoms with E-state index in [0.29, 0.717) is 5.92 Å². The molecule has 0 bridgehead atoms. The maximum atomic E-state index is 10.8. The van der Waals surface area contributed by atoms with E-state index in [1.165, 1.54) is 0 Å². The summed E-state index contributed by atoms with van der Waals surface area (Å²) < 4.78 is 5.34. The summed E-state index contributed by atoms with van der Waals surface area (Å²) in [5.41, 5.74) is 0.894. The summed E-state index contributed by atoms with van der Waals surface area (Å²) in [5.74, 6) is 0.250. The van der Waals surface area contributed by atoms with Gasteiger partial charge in [0.05, 0.1) is 11.6 Å². The normalized spacial score (nSPS) is 26.5. The molecule has 1 N–H and O–H groups in total. The van der Waals surface area contributed by atoms with Gasteiger partial charge < -0.3 is 9.52 Å². The SMILES string of the molecule is Cc1coc(C2CCC(C(=O)O)CC2)n1. The first kappa shape index (κ1) is 10.2. The van der Waals surface area contributed by atoms with Gasteiger partial charge in [-0.2, -0.15) is 0 Å². The number of oxazole rings is 1. The molecule has 1 fully saturated rings. The molecule has 0 amide bonds. The third-order valence-corrected chi connectivity index (χ3v) is 3.06. The molecular weight excluding hydrogens is 194 g/mol. The van der Waals surface area contributed by atoms with E-state index < -0.39 is 5.97 Å². The second-order valence-electron chi connectivity index (χ2n) is 4.21. The van der Waals surface area contributed by atoms with Gasteiger partial charge in [0.2, 0.25) is 0 Å². The van der Waals surface area contributed by atoms with Crippen LogP contribution in [-0.4, -0.2) is 16.1 Å². The number of carboxylic acids is 1. The number of rotatable bonds is 2. The van der Waals surface area contributed by atoms with E-state index in [-0.39, 0.29) is 5.92 Å². The van der Waals surface area contributed by atoms with Crippen molar-refractivity contribution in [2.75, 3.05) is 0 Å². The Morgan fingerprint density at radius 2 is 2.13 bits per heavy atom. The van der Waals surface area contributed by atoms with Crippen molar-refractivity contribution in [2.24, 2.45) is 5.92 Å². The van der Waals surface area contributed by atoms with Crippen LogP contribution in [0.2, 0.25) is 0 Å². The van der Waals surface area contributed by atoms with E-state index in [9.17, 15) is 4.79 Å². The van der Waals surface area contributed by atoms with Crippen molar-refractivity contribution in [3.63, 3.8) is 0 Å². The average molecular weight is 209 g/mol. The second-order valence-corrected chi connectivity index (χ2v) is 4.21. The minimum Gasteiger partial charge on any atom is -0.481 e. The lowest BCUT2D eigenvalue weighted by molar-refractivity contribution is -0.142. The first-order valence-corrected chi connectivity index (χ1v) is 5.31. The zero-order valence-electron chi connectivity index (χ0n) is 8.77. The smallest absolute Gasteiger partial charge is 0.306 e. The van der Waals surface area contributed by atoms with Crippen molar-refractivity contribution in [1.29, 1.82) is 0 Å². The van der Waals surface area contributed by atoms with Gasteiger partial charge in [0, 0.05) is 5.92 Å². The van der Waals surface area contributed by atoms with Crippen LogP contribution in [0, 0.1) is 12.8 Å². The van der Waals surface area contributed by atoms with Gasteiger partial charge in [-0.1, -0.05) is 0 Å². The summed E-state index contributed by atoms with van der Waals surface area (Å²) >= 11 is 0. The molecule has 1 aliphatic carbocycles. The third kappa shape index (κ3) is 2.19. The van der Waals surface area contributed by atoms with Gasteiger partial charge >= 0.3 is 5.97 Å². The number of carbonyl (C=O) groups is 1. The molecule has 1 heterocycles. The number of hydrogen-bond donors (Lipinski definition) is 1. The van der Waals surface area contributed by atoms with Crippen molar-refractivity contribution in [2.45, 2.75) is 38.5 Å². The van der Waals surface area contributed by atoms with E-state index in [1.54, 1.807) is 6.26 Å². The molecule has 0 aliphatic heterocycles. The molecule has 4 nitrogen and oxygen atoms in total. The highest BCUT2D eigenvalue weighted by atomic mass is 16.4. The molecule has 4 heteroatoms. The molecule has 0 atom stereocenters. The average Bonchev–Trinajstić information content (AvgIpc) is 2.65. The highest BCUT2D eigenvalue weighted by Crippen LogP contribution is 2.35. The Morgan fingerprint density at radius 1 is 1.47 bits per heavy atom. The van der Waals surface area contributed by atoms with Crippen LogP contribution in [0.15, 0.2) is 10.7 Å². The van der Waals surface area contributed by atoms with Gasteiger partial charge in [0.1, 0.15) is 6.26 Å². The molecule has 0 aromatic carbocycles. The van der Waals surface area contributed by atoms with Crippen LogP contribution in [0.3, 0.4) is 0 Å². The predicted octanol–water partition coefficient (Wildman–Crippen LogP) is 2.34. The van der Waals surface area contributed by atoms with Gasteiger partial charge in [-0.3, -0.25) is 4.79 Å². The fraction of sp³-hybridized carbons (Fsp3) is 0.636. The van der Waals surface area contributed by atoms with E-state index in [1.807, 2.05) is 6.92 Å². The molecule has 1 aliphatic rings. The fourth-order valence-corrected chi connectivity index (χ4v) is 2.15. The minimum absolute atomic E-state index is 0.169. The highest BCUT2D eigenvalue weighted by molar-refractivity contribution is 5.70. The molecule has 0 radical (unpaired) electrons. The van der Waals surface area contributed by atoms with Crippen LogP contribution in [0.4, 0.5) is 0 Å². The van der Waals surface area contributed by atoms with Crippen molar-refractivity contribution in [3.05, 3.63) is 17.8 Å². The number of aromatic nitrogens is 1. The number of nitrogens with zero attached hydrogens (tertiary/aromatic N) is 1. The van der Waals surface area contributed by atoms with Crippen LogP contribution in [0.5, 0.6) is 0 Å². The lowest BCUT2D eigenvalue weighted by atomic mass is 9.82. The molecule has 0 saturated heterocycles. The summed E-state index contributed by atoms with van der Waals surface area (Å²) in [7, 11) is 0. The zero-order chi connectivity index (χ0) is 10.8. The van der Waals surface area contributed by atoms with Gasteiger partial charge in [-0.15, -0.1) is 0 Å². The Labute approximate surface area is 88.3 Å². The number of hydrogen-bond acceptors (Lipinski definition) is 3. The van der Waals surface area contributed by atoms with E-state index in [0.717, 1.165) is 37.3 Å². The zero-order valence-corrected chi connectivity index (χ0v) is 8.77. The molecule has 0 unspecified atom stereocenters. The maximum Gasteiger partial charge on any atom is 0.306 e. The molecule has 1 aromatic rings. The van der Waals surface area contributed by atoms with Gasteiger partial charge in [-0.25, -0.2) is 4.98 Å². The Kier molecular flexibility index (Phi) is 2.75. The Bertz CT molecular complexity index is 350. The van der Waals surface area contributed by atoms with Gasteiger partial charge in [0.25, 0.3) is 0 Å². The first-order valence-electron chi connectivity index (χ1n) is 5.31. The number of aliphatic carboxylic acids is 1. The van der Waals surface area contributed by atoms with Crippen LogP contribution < -0.4 is 0 Å². The fourth-order valence-electron chi connectivity index (χ4n) is 2.15. The predicted molar refractivity (Wildman–Crippen MR) is 53.6 cm³/mol. The highest BCUT2D eigenvalue weighted by Gasteiger charge is 2.28. The van der Waals surface area contributed by atoms with E-state index in [4.69, 9.17) is 9.52 Å². The van der Waals surface area contributed by atoms with Crippen LogP contribution in [-0.2, 0) is 4.79 Å². The largest absolute Gasteiger partial charge is 0.481 e. The maximum absolute atomic E-state index is 10.8. The monoisotopic (exact) mass is 209 g/mol. The molecule has 82 valence electrons. The molecule has 1 saturated carbocycles. The summed E-state index contributed by atoms with van der Waals surface area (Å²) in [6.07, 6.45) is 4.87. The molecule has 15 heavy (non-hydrogen) atoms. The van der Waals surface area contributed by atoms with Crippen molar-refractivity contribution >= 4 is 5.97 Å². The summed E-state index contributed by atoms with van der Waals surface area (Å²) in [4.78, 5) is 15.1. The van der Waals surface area contributed by atoms with Crippen molar-refractivity contribution < 1.29 is 14.3 Å². The van der Waals surface area contributed by atoms with Crippen LogP contribution >= 0.6 is 0 Å². The number of aryl methyl sites for hydroxylation is 1. The first-order chi connectivity index (χ1) is 7.16. The summed E-state index contributed by atoms with van der Waals surface area (Å²) in [5, 5.41) is 8.86. The lowest BCUT2D eigenvalue weighted by Crippen LogP contribution is -2.20. The molecule has 1 aromatic heterocycles. The van der Waals surface area contributed by atoms with E-state index in [2.05, 4.69) is 4.98 Å². The topological polar surface area (TPSA) is 63.3 Å². The van der Waals surface area contributed by atoms with Crippen molar-refractivity contribution in [1.82, 2.24) is 4.98 Å².